The topological polar surface area (TPSA) is 50.7 Å². The maximum absolute atomic E-state index is 10.1. The molecular formula is C17H27NO3. The summed E-state index contributed by atoms with van der Waals surface area (Å²) in [6.07, 6.45) is 4.25. The lowest BCUT2D eigenvalue weighted by atomic mass is 9.86. The molecule has 0 aromatic heterocycles. The van der Waals surface area contributed by atoms with Gasteiger partial charge in [0, 0.05) is 18.2 Å². The SMILES string of the molecule is COc1ccc(OC)c(C(C)NCC2CCCCC2O)c1. The zero-order valence-corrected chi connectivity index (χ0v) is 13.3. The summed E-state index contributed by atoms with van der Waals surface area (Å²) >= 11 is 0. The second-order valence-electron chi connectivity index (χ2n) is 5.85. The molecule has 0 radical (unpaired) electrons. The van der Waals surface area contributed by atoms with E-state index in [1.807, 2.05) is 18.2 Å². The fraction of sp³-hybridized carbons (Fsp3) is 0.647. The van der Waals surface area contributed by atoms with E-state index in [2.05, 4.69) is 12.2 Å². The largest absolute Gasteiger partial charge is 0.497 e. The number of aliphatic hydroxyl groups excluding tert-OH is 1. The highest BCUT2D eigenvalue weighted by Gasteiger charge is 2.23. The van der Waals surface area contributed by atoms with Crippen LogP contribution in [0.5, 0.6) is 11.5 Å². The van der Waals surface area contributed by atoms with Crippen LogP contribution in [0.1, 0.15) is 44.2 Å². The molecule has 0 bridgehead atoms. The van der Waals surface area contributed by atoms with Gasteiger partial charge in [-0.15, -0.1) is 0 Å². The normalized spacial score (nSPS) is 23.6. The molecule has 3 unspecified atom stereocenters. The van der Waals surface area contributed by atoms with Crippen LogP contribution in [0.2, 0.25) is 0 Å². The molecule has 21 heavy (non-hydrogen) atoms. The number of methoxy groups -OCH3 is 2. The van der Waals surface area contributed by atoms with Crippen molar-refractivity contribution < 1.29 is 14.6 Å². The minimum absolute atomic E-state index is 0.157. The molecule has 1 aliphatic rings. The van der Waals surface area contributed by atoms with Crippen LogP contribution in [-0.2, 0) is 0 Å². The van der Waals surface area contributed by atoms with E-state index < -0.39 is 0 Å². The predicted molar refractivity (Wildman–Crippen MR) is 83.9 cm³/mol. The molecule has 1 aliphatic carbocycles. The quantitative estimate of drug-likeness (QED) is 0.847. The Bertz CT molecular complexity index is 450. The Kier molecular flexibility index (Phi) is 5.88. The molecule has 0 saturated heterocycles. The van der Waals surface area contributed by atoms with Crippen molar-refractivity contribution in [2.45, 2.75) is 44.8 Å². The Morgan fingerprint density at radius 3 is 2.67 bits per heavy atom. The molecule has 0 heterocycles. The maximum atomic E-state index is 10.1. The fourth-order valence-corrected chi connectivity index (χ4v) is 3.04. The highest BCUT2D eigenvalue weighted by molar-refractivity contribution is 5.42. The van der Waals surface area contributed by atoms with Gasteiger partial charge in [-0.25, -0.2) is 0 Å². The summed E-state index contributed by atoms with van der Waals surface area (Å²) in [6.45, 7) is 2.95. The van der Waals surface area contributed by atoms with Gasteiger partial charge in [0.25, 0.3) is 0 Å². The van der Waals surface area contributed by atoms with E-state index in [4.69, 9.17) is 9.47 Å². The van der Waals surface area contributed by atoms with Gasteiger partial charge in [-0.2, -0.15) is 0 Å². The highest BCUT2D eigenvalue weighted by atomic mass is 16.5. The third-order valence-electron chi connectivity index (χ3n) is 4.46. The summed E-state index contributed by atoms with van der Waals surface area (Å²) < 4.78 is 10.7. The number of nitrogens with one attached hydrogen (secondary N) is 1. The minimum Gasteiger partial charge on any atom is -0.497 e. The first-order valence-electron chi connectivity index (χ1n) is 7.79. The van der Waals surface area contributed by atoms with Crippen molar-refractivity contribution in [1.29, 1.82) is 0 Å². The minimum atomic E-state index is -0.161. The smallest absolute Gasteiger partial charge is 0.123 e. The monoisotopic (exact) mass is 293 g/mol. The standard InChI is InChI=1S/C17H27NO3/c1-12(18-11-13-6-4-5-7-16(13)19)15-10-14(20-2)8-9-17(15)21-3/h8-10,12-13,16,18-19H,4-7,11H2,1-3H3. The van der Waals surface area contributed by atoms with Gasteiger partial charge in [0.15, 0.2) is 0 Å². The lowest BCUT2D eigenvalue weighted by Crippen LogP contribution is -2.35. The summed E-state index contributed by atoms with van der Waals surface area (Å²) in [6, 6.07) is 6.00. The molecular weight excluding hydrogens is 266 g/mol. The van der Waals surface area contributed by atoms with Crippen molar-refractivity contribution in [3.8, 4) is 11.5 Å². The van der Waals surface area contributed by atoms with Crippen LogP contribution in [0, 0.1) is 5.92 Å². The van der Waals surface area contributed by atoms with E-state index in [1.54, 1.807) is 14.2 Å². The highest BCUT2D eigenvalue weighted by Crippen LogP contribution is 2.30. The van der Waals surface area contributed by atoms with Crippen LogP contribution in [-0.4, -0.2) is 32.0 Å². The lowest BCUT2D eigenvalue weighted by molar-refractivity contribution is 0.0683. The van der Waals surface area contributed by atoms with Crippen LogP contribution in [0.3, 0.4) is 0 Å². The van der Waals surface area contributed by atoms with Gasteiger partial charge in [0.1, 0.15) is 11.5 Å². The maximum Gasteiger partial charge on any atom is 0.123 e. The number of aliphatic hydroxyl groups is 1. The summed E-state index contributed by atoms with van der Waals surface area (Å²) in [5.41, 5.74) is 1.09. The molecule has 2 rings (SSSR count). The van der Waals surface area contributed by atoms with E-state index in [-0.39, 0.29) is 12.1 Å². The molecule has 1 fully saturated rings. The Labute approximate surface area is 127 Å². The molecule has 0 amide bonds. The van der Waals surface area contributed by atoms with Gasteiger partial charge < -0.3 is 19.9 Å². The zero-order chi connectivity index (χ0) is 15.2. The predicted octanol–water partition coefficient (Wildman–Crippen LogP) is 2.91. The summed E-state index contributed by atoms with van der Waals surface area (Å²) in [5, 5.41) is 13.6. The van der Waals surface area contributed by atoms with E-state index in [9.17, 15) is 5.11 Å². The van der Waals surface area contributed by atoms with Gasteiger partial charge in [-0.3, -0.25) is 0 Å². The molecule has 3 atom stereocenters. The molecule has 2 N–H and O–H groups in total. The third kappa shape index (κ3) is 4.11. The average molecular weight is 293 g/mol. The Morgan fingerprint density at radius 2 is 2.00 bits per heavy atom. The molecule has 1 aromatic rings. The number of hydrogen-bond acceptors (Lipinski definition) is 4. The lowest BCUT2D eigenvalue weighted by Gasteiger charge is -2.29. The molecule has 118 valence electrons. The van der Waals surface area contributed by atoms with Crippen LogP contribution in [0.4, 0.5) is 0 Å². The Morgan fingerprint density at radius 1 is 1.24 bits per heavy atom. The first-order chi connectivity index (χ1) is 10.2. The van der Waals surface area contributed by atoms with Crippen LogP contribution in [0.15, 0.2) is 18.2 Å². The van der Waals surface area contributed by atoms with Crippen molar-refractivity contribution >= 4 is 0 Å². The van der Waals surface area contributed by atoms with Crippen LogP contribution < -0.4 is 14.8 Å². The van der Waals surface area contributed by atoms with Crippen LogP contribution in [0.25, 0.3) is 0 Å². The van der Waals surface area contributed by atoms with Crippen molar-refractivity contribution in [2.75, 3.05) is 20.8 Å². The van der Waals surface area contributed by atoms with Crippen LogP contribution >= 0.6 is 0 Å². The number of rotatable bonds is 6. The number of hydrogen-bond donors (Lipinski definition) is 2. The van der Waals surface area contributed by atoms with Crippen molar-refractivity contribution in [2.24, 2.45) is 5.92 Å². The summed E-state index contributed by atoms with van der Waals surface area (Å²) in [4.78, 5) is 0. The van der Waals surface area contributed by atoms with E-state index in [1.165, 1.54) is 6.42 Å². The Balaban J connectivity index is 2.00. The second-order valence-corrected chi connectivity index (χ2v) is 5.85. The first-order valence-corrected chi connectivity index (χ1v) is 7.79. The fourth-order valence-electron chi connectivity index (χ4n) is 3.04. The van der Waals surface area contributed by atoms with Crippen molar-refractivity contribution in [3.63, 3.8) is 0 Å². The molecule has 4 nitrogen and oxygen atoms in total. The third-order valence-corrected chi connectivity index (χ3v) is 4.46. The van der Waals surface area contributed by atoms with Gasteiger partial charge in [-0.1, -0.05) is 12.8 Å². The van der Waals surface area contributed by atoms with Gasteiger partial charge >= 0.3 is 0 Å². The van der Waals surface area contributed by atoms with E-state index in [0.717, 1.165) is 42.9 Å². The van der Waals surface area contributed by atoms with E-state index >= 15 is 0 Å². The zero-order valence-electron chi connectivity index (χ0n) is 13.3. The Hall–Kier alpha value is -1.26. The molecule has 1 saturated carbocycles. The second kappa shape index (κ2) is 7.66. The molecule has 0 spiro atoms. The molecule has 1 aromatic carbocycles. The van der Waals surface area contributed by atoms with Crippen molar-refractivity contribution in [3.05, 3.63) is 23.8 Å². The van der Waals surface area contributed by atoms with Crippen molar-refractivity contribution in [1.82, 2.24) is 5.32 Å². The van der Waals surface area contributed by atoms with Gasteiger partial charge in [0.05, 0.1) is 20.3 Å². The average Bonchev–Trinajstić information content (AvgIpc) is 2.53. The summed E-state index contributed by atoms with van der Waals surface area (Å²) in [7, 11) is 3.35. The molecule has 0 aliphatic heterocycles. The van der Waals surface area contributed by atoms with Gasteiger partial charge in [-0.05, 0) is 43.9 Å². The number of benzene rings is 1. The van der Waals surface area contributed by atoms with Gasteiger partial charge in [0.2, 0.25) is 0 Å². The van der Waals surface area contributed by atoms with E-state index in [0.29, 0.717) is 5.92 Å². The number of ether oxygens (including phenoxy) is 2. The summed E-state index contributed by atoms with van der Waals surface area (Å²) in [5.74, 6) is 2.05. The first kappa shape index (κ1) is 16.1. The molecule has 4 heteroatoms.